The lowest BCUT2D eigenvalue weighted by Gasteiger charge is -2.08. The quantitative estimate of drug-likeness (QED) is 0.575. The molecule has 0 aliphatic heterocycles. The summed E-state index contributed by atoms with van der Waals surface area (Å²) in [4.78, 5) is 10.9. The van der Waals surface area contributed by atoms with E-state index in [1.165, 1.54) is 0 Å². The number of benzene rings is 1. The van der Waals surface area contributed by atoms with Crippen molar-refractivity contribution in [2.75, 3.05) is 6.61 Å². The summed E-state index contributed by atoms with van der Waals surface area (Å²) in [5.74, 6) is 0.843. The fourth-order valence-corrected chi connectivity index (χ4v) is 1.96. The summed E-state index contributed by atoms with van der Waals surface area (Å²) >= 11 is 0. The highest BCUT2D eigenvalue weighted by molar-refractivity contribution is 5.73. The average Bonchev–Trinajstić information content (AvgIpc) is 2.91. The first-order valence-corrected chi connectivity index (χ1v) is 6.93. The highest BCUT2D eigenvalue weighted by atomic mass is 16.5. The van der Waals surface area contributed by atoms with Gasteiger partial charge in [-0.15, -0.1) is 5.10 Å². The van der Waals surface area contributed by atoms with E-state index in [4.69, 9.17) is 4.74 Å². The van der Waals surface area contributed by atoms with Gasteiger partial charge in [0.2, 0.25) is 0 Å². The van der Waals surface area contributed by atoms with E-state index < -0.39 is 0 Å². The first-order valence-electron chi connectivity index (χ1n) is 6.93. The molecule has 0 aliphatic carbocycles. The Morgan fingerprint density at radius 3 is 2.60 bits per heavy atom. The molecule has 0 saturated carbocycles. The van der Waals surface area contributed by atoms with E-state index in [1.807, 2.05) is 31.2 Å². The molecular formula is C15H19N3O2. The van der Waals surface area contributed by atoms with Crippen LogP contribution in [-0.2, 0) is 6.42 Å². The van der Waals surface area contributed by atoms with Crippen molar-refractivity contribution in [1.82, 2.24) is 15.0 Å². The first kappa shape index (κ1) is 14.2. The minimum atomic E-state index is 0.399. The Morgan fingerprint density at radius 2 is 2.00 bits per heavy atom. The van der Waals surface area contributed by atoms with Crippen molar-refractivity contribution >= 4 is 6.29 Å². The molecule has 106 valence electrons. The van der Waals surface area contributed by atoms with Gasteiger partial charge >= 0.3 is 0 Å². The van der Waals surface area contributed by atoms with Crippen LogP contribution in [0.1, 0.15) is 42.9 Å². The maximum atomic E-state index is 10.9. The Hall–Kier alpha value is -2.17. The third-order valence-electron chi connectivity index (χ3n) is 3.09. The first-order chi connectivity index (χ1) is 9.80. The number of ether oxygens (including phenoxy) is 1. The molecule has 0 spiro atoms. The number of rotatable bonds is 7. The Morgan fingerprint density at radius 1 is 1.25 bits per heavy atom. The van der Waals surface area contributed by atoms with Gasteiger partial charge in [0.1, 0.15) is 11.4 Å². The third kappa shape index (κ3) is 3.04. The number of hydrogen-bond donors (Lipinski definition) is 0. The molecule has 2 aromatic rings. The molecule has 0 amide bonds. The van der Waals surface area contributed by atoms with Crippen LogP contribution in [0.5, 0.6) is 5.75 Å². The van der Waals surface area contributed by atoms with Gasteiger partial charge in [-0.25, -0.2) is 4.68 Å². The number of carbonyl (C=O) groups excluding carboxylic acids is 1. The van der Waals surface area contributed by atoms with Gasteiger partial charge in [0, 0.05) is 0 Å². The largest absolute Gasteiger partial charge is 0.494 e. The zero-order valence-corrected chi connectivity index (χ0v) is 11.9. The zero-order chi connectivity index (χ0) is 14.4. The van der Waals surface area contributed by atoms with Gasteiger partial charge < -0.3 is 4.74 Å². The number of hydrogen-bond acceptors (Lipinski definition) is 4. The monoisotopic (exact) mass is 273 g/mol. The number of unbranched alkanes of at least 4 members (excludes halogenated alkanes) is 1. The Bertz CT molecular complexity index is 561. The van der Waals surface area contributed by atoms with E-state index in [0.717, 1.165) is 42.9 Å². The van der Waals surface area contributed by atoms with E-state index in [2.05, 4.69) is 17.2 Å². The van der Waals surface area contributed by atoms with Gasteiger partial charge in [-0.2, -0.15) is 0 Å². The molecule has 0 unspecified atom stereocenters. The van der Waals surface area contributed by atoms with Gasteiger partial charge in [0.05, 0.1) is 18.0 Å². The fraction of sp³-hybridized carbons (Fsp3) is 0.400. The smallest absolute Gasteiger partial charge is 0.172 e. The summed E-state index contributed by atoms with van der Waals surface area (Å²) in [6.07, 6.45) is 3.61. The van der Waals surface area contributed by atoms with Crippen molar-refractivity contribution < 1.29 is 9.53 Å². The van der Waals surface area contributed by atoms with Crippen LogP contribution < -0.4 is 4.74 Å². The van der Waals surface area contributed by atoms with Crippen LogP contribution in [-0.4, -0.2) is 27.9 Å². The molecule has 0 fully saturated rings. The topological polar surface area (TPSA) is 57.0 Å². The van der Waals surface area contributed by atoms with Gasteiger partial charge in [0.25, 0.3) is 0 Å². The molecule has 0 atom stereocenters. The number of aromatic nitrogens is 3. The molecule has 1 aromatic heterocycles. The van der Waals surface area contributed by atoms with Gasteiger partial charge in [-0.1, -0.05) is 25.5 Å². The van der Waals surface area contributed by atoms with E-state index in [-0.39, 0.29) is 0 Å². The van der Waals surface area contributed by atoms with Crippen LogP contribution in [0.4, 0.5) is 0 Å². The SMILES string of the molecule is CCCCOc1ccc(-n2nnc(C=O)c2CC)cc1. The molecule has 2 rings (SSSR count). The normalized spacial score (nSPS) is 10.5. The van der Waals surface area contributed by atoms with Crippen LogP contribution in [0.15, 0.2) is 24.3 Å². The summed E-state index contributed by atoms with van der Waals surface area (Å²) in [6.45, 7) is 4.84. The van der Waals surface area contributed by atoms with Crippen molar-refractivity contribution in [1.29, 1.82) is 0 Å². The lowest BCUT2D eigenvalue weighted by Crippen LogP contribution is -2.03. The summed E-state index contributed by atoms with van der Waals surface area (Å²) in [5, 5.41) is 7.91. The minimum Gasteiger partial charge on any atom is -0.494 e. The maximum Gasteiger partial charge on any atom is 0.172 e. The summed E-state index contributed by atoms with van der Waals surface area (Å²) in [5.41, 5.74) is 2.10. The van der Waals surface area contributed by atoms with Crippen LogP contribution in [0.2, 0.25) is 0 Å². The predicted molar refractivity (Wildman–Crippen MR) is 76.5 cm³/mol. The number of nitrogens with zero attached hydrogens (tertiary/aromatic N) is 3. The van der Waals surface area contributed by atoms with Crippen LogP contribution >= 0.6 is 0 Å². The van der Waals surface area contributed by atoms with Crippen LogP contribution in [0.3, 0.4) is 0 Å². The summed E-state index contributed by atoms with van der Waals surface area (Å²) in [6, 6.07) is 7.66. The summed E-state index contributed by atoms with van der Waals surface area (Å²) < 4.78 is 7.31. The van der Waals surface area contributed by atoms with Crippen LogP contribution in [0.25, 0.3) is 5.69 Å². The number of aldehydes is 1. The highest BCUT2D eigenvalue weighted by Crippen LogP contribution is 2.17. The Kier molecular flexibility index (Phi) is 4.87. The molecule has 0 bridgehead atoms. The molecule has 0 radical (unpaired) electrons. The van der Waals surface area contributed by atoms with E-state index in [1.54, 1.807) is 4.68 Å². The molecule has 20 heavy (non-hydrogen) atoms. The Labute approximate surface area is 118 Å². The second-order valence-corrected chi connectivity index (χ2v) is 4.50. The second kappa shape index (κ2) is 6.84. The van der Waals surface area contributed by atoms with Gasteiger partial charge in [0.15, 0.2) is 6.29 Å². The molecule has 0 aliphatic rings. The van der Waals surface area contributed by atoms with Gasteiger partial charge in [-0.05, 0) is 37.1 Å². The van der Waals surface area contributed by atoms with Crippen molar-refractivity contribution in [3.63, 3.8) is 0 Å². The second-order valence-electron chi connectivity index (χ2n) is 4.50. The maximum absolute atomic E-state index is 10.9. The lowest BCUT2D eigenvalue weighted by molar-refractivity contribution is 0.111. The predicted octanol–water partition coefficient (Wildman–Crippen LogP) is 2.82. The van der Waals surface area contributed by atoms with Crippen LogP contribution in [0, 0.1) is 0 Å². The fourth-order valence-electron chi connectivity index (χ4n) is 1.96. The minimum absolute atomic E-state index is 0.399. The molecule has 5 nitrogen and oxygen atoms in total. The van der Waals surface area contributed by atoms with Crippen molar-refractivity contribution in [2.45, 2.75) is 33.1 Å². The van der Waals surface area contributed by atoms with Crippen molar-refractivity contribution in [3.8, 4) is 11.4 Å². The third-order valence-corrected chi connectivity index (χ3v) is 3.09. The lowest BCUT2D eigenvalue weighted by atomic mass is 10.2. The van der Waals surface area contributed by atoms with E-state index in [9.17, 15) is 4.79 Å². The Balaban J connectivity index is 2.17. The standard InChI is InChI=1S/C15H19N3O2/c1-3-5-10-20-13-8-6-12(7-9-13)18-15(4-2)14(11-19)16-17-18/h6-9,11H,3-5,10H2,1-2H3. The van der Waals surface area contributed by atoms with Crippen molar-refractivity contribution in [2.24, 2.45) is 0 Å². The zero-order valence-electron chi connectivity index (χ0n) is 11.9. The van der Waals surface area contributed by atoms with E-state index >= 15 is 0 Å². The molecule has 1 heterocycles. The molecule has 1 aromatic carbocycles. The average molecular weight is 273 g/mol. The highest BCUT2D eigenvalue weighted by Gasteiger charge is 2.11. The molecule has 0 saturated heterocycles. The summed E-state index contributed by atoms with van der Waals surface area (Å²) in [7, 11) is 0. The molecular weight excluding hydrogens is 254 g/mol. The number of carbonyl (C=O) groups is 1. The molecule has 0 N–H and O–H groups in total. The van der Waals surface area contributed by atoms with E-state index in [0.29, 0.717) is 12.1 Å². The molecule has 5 heteroatoms. The van der Waals surface area contributed by atoms with Crippen molar-refractivity contribution in [3.05, 3.63) is 35.7 Å². The van der Waals surface area contributed by atoms with Gasteiger partial charge in [-0.3, -0.25) is 4.79 Å².